The molecule has 2 aromatic carbocycles. The Hall–Kier alpha value is -2.17. The van der Waals surface area contributed by atoms with Crippen LogP contribution in [0.1, 0.15) is 55.3 Å². The quantitative estimate of drug-likeness (QED) is 0.764. The molecule has 4 rings (SSSR count). The van der Waals surface area contributed by atoms with Crippen molar-refractivity contribution in [2.24, 2.45) is 0 Å². The number of benzene rings is 2. The molecule has 0 aromatic heterocycles. The molecule has 0 saturated carbocycles. The van der Waals surface area contributed by atoms with Gasteiger partial charge in [-0.3, -0.25) is 4.79 Å². The van der Waals surface area contributed by atoms with Crippen LogP contribution in [0.2, 0.25) is 0 Å². The van der Waals surface area contributed by atoms with E-state index in [1.807, 2.05) is 30.3 Å². The highest BCUT2D eigenvalue weighted by Crippen LogP contribution is 2.43. The van der Waals surface area contributed by atoms with Crippen LogP contribution in [-0.4, -0.2) is 30.7 Å². The van der Waals surface area contributed by atoms with Gasteiger partial charge in [0.1, 0.15) is 0 Å². The summed E-state index contributed by atoms with van der Waals surface area (Å²) in [6, 6.07) is 18.2. The highest BCUT2D eigenvalue weighted by atomic mass is 16.3. The molecule has 28 heavy (non-hydrogen) atoms. The summed E-state index contributed by atoms with van der Waals surface area (Å²) in [5, 5.41) is 15.2. The van der Waals surface area contributed by atoms with E-state index in [-0.39, 0.29) is 18.6 Å². The Labute approximate surface area is 168 Å². The normalized spacial score (nSPS) is 18.4. The summed E-state index contributed by atoms with van der Waals surface area (Å²) >= 11 is 0. The number of hydrogen-bond donors (Lipinski definition) is 3. The molecule has 1 heterocycles. The predicted octanol–water partition coefficient (Wildman–Crippen LogP) is 3.50. The molecule has 1 aliphatic carbocycles. The molecule has 1 aliphatic heterocycles. The summed E-state index contributed by atoms with van der Waals surface area (Å²) in [6.45, 7) is 3.76. The first kappa shape index (κ1) is 20.6. The van der Waals surface area contributed by atoms with Crippen molar-refractivity contribution in [1.29, 1.82) is 0 Å². The Kier molecular flexibility index (Phi) is 7.24. The third-order valence-electron chi connectivity index (χ3n) is 6.01. The molecule has 0 radical (unpaired) electrons. The smallest absolute Gasteiger partial charge is 0.217 e. The van der Waals surface area contributed by atoms with Gasteiger partial charge in [0.25, 0.3) is 0 Å². The van der Waals surface area contributed by atoms with Crippen molar-refractivity contribution in [3.8, 4) is 0 Å². The number of aryl methyl sites for hydroxylation is 1. The molecular weight excluding hydrogens is 348 g/mol. The van der Waals surface area contributed by atoms with Gasteiger partial charge in [0.2, 0.25) is 5.91 Å². The lowest BCUT2D eigenvalue weighted by atomic mass is 9.65. The van der Waals surface area contributed by atoms with E-state index >= 15 is 0 Å². The van der Waals surface area contributed by atoms with Gasteiger partial charge in [-0.1, -0.05) is 54.6 Å². The first-order chi connectivity index (χ1) is 13.6. The van der Waals surface area contributed by atoms with Crippen molar-refractivity contribution >= 4 is 5.91 Å². The monoisotopic (exact) mass is 380 g/mol. The van der Waals surface area contributed by atoms with Gasteiger partial charge in [0.15, 0.2) is 0 Å². The van der Waals surface area contributed by atoms with Crippen molar-refractivity contribution in [3.05, 3.63) is 71.3 Å². The molecule has 150 valence electrons. The van der Waals surface area contributed by atoms with Crippen molar-refractivity contribution < 1.29 is 9.90 Å². The maximum absolute atomic E-state index is 10.8. The molecule has 1 saturated heterocycles. The minimum absolute atomic E-state index is 0.0798. The van der Waals surface area contributed by atoms with E-state index in [1.54, 1.807) is 11.1 Å². The van der Waals surface area contributed by atoms with Crippen LogP contribution in [0.25, 0.3) is 0 Å². The topological polar surface area (TPSA) is 61.4 Å². The van der Waals surface area contributed by atoms with Crippen LogP contribution in [0.15, 0.2) is 54.6 Å². The van der Waals surface area contributed by atoms with Crippen LogP contribution in [0.4, 0.5) is 0 Å². The van der Waals surface area contributed by atoms with E-state index in [0.717, 1.165) is 5.56 Å². The second-order valence-corrected chi connectivity index (χ2v) is 7.89. The van der Waals surface area contributed by atoms with E-state index in [0.29, 0.717) is 5.41 Å². The second kappa shape index (κ2) is 9.85. The summed E-state index contributed by atoms with van der Waals surface area (Å²) < 4.78 is 0. The molecule has 4 nitrogen and oxygen atoms in total. The lowest BCUT2D eigenvalue weighted by Crippen LogP contribution is -2.41. The van der Waals surface area contributed by atoms with Crippen molar-refractivity contribution in [1.82, 2.24) is 10.6 Å². The zero-order valence-corrected chi connectivity index (χ0v) is 16.8. The first-order valence-electron chi connectivity index (χ1n) is 10.4. The van der Waals surface area contributed by atoms with Gasteiger partial charge in [-0.15, -0.1) is 0 Å². The zero-order valence-electron chi connectivity index (χ0n) is 16.8. The third kappa shape index (κ3) is 5.00. The number of carbonyl (C=O) groups is 1. The first-order valence-corrected chi connectivity index (χ1v) is 10.4. The molecule has 1 fully saturated rings. The Morgan fingerprint density at radius 1 is 1.07 bits per heavy atom. The number of nitrogens with one attached hydrogen (secondary N) is 2. The van der Waals surface area contributed by atoms with Gasteiger partial charge in [-0.2, -0.15) is 0 Å². The molecule has 1 unspecified atom stereocenters. The molecular formula is C24H32N2O2. The van der Waals surface area contributed by atoms with E-state index < -0.39 is 0 Å². The summed E-state index contributed by atoms with van der Waals surface area (Å²) in [5.74, 6) is -0.136. The summed E-state index contributed by atoms with van der Waals surface area (Å²) in [4.78, 5) is 10.8. The fraction of sp³-hybridized carbons (Fsp3) is 0.458. The lowest BCUT2D eigenvalue weighted by Gasteiger charge is -2.42. The Balaban J connectivity index is 0.000000163. The standard InChI is InChI=1S/C14H19N.C10H13NO2/c1-2-6-13-12(4-1)5-3-7-14(13)8-10-15-11-9-14;1-8(13)11-10(7-12)9-5-3-2-4-6-9/h1-2,4,6,15H,3,5,7-11H2;2-6,10,12H,7H2,1H3,(H,11,13). The Bertz CT molecular complexity index is 754. The van der Waals surface area contributed by atoms with Gasteiger partial charge >= 0.3 is 0 Å². The number of fused-ring (bicyclic) bond motifs is 2. The lowest BCUT2D eigenvalue weighted by molar-refractivity contribution is -0.120. The number of hydrogen-bond acceptors (Lipinski definition) is 3. The number of rotatable bonds is 3. The fourth-order valence-electron chi connectivity index (χ4n) is 4.60. The molecule has 1 atom stereocenters. The molecule has 2 aromatic rings. The molecule has 0 bridgehead atoms. The van der Waals surface area contributed by atoms with E-state index in [4.69, 9.17) is 5.11 Å². The van der Waals surface area contributed by atoms with Crippen LogP contribution in [0, 0.1) is 0 Å². The maximum Gasteiger partial charge on any atom is 0.217 e. The van der Waals surface area contributed by atoms with Gasteiger partial charge in [0, 0.05) is 6.92 Å². The van der Waals surface area contributed by atoms with Crippen LogP contribution in [-0.2, 0) is 16.6 Å². The van der Waals surface area contributed by atoms with Gasteiger partial charge in [0.05, 0.1) is 12.6 Å². The molecule has 1 amide bonds. The van der Waals surface area contributed by atoms with Gasteiger partial charge in [-0.25, -0.2) is 0 Å². The van der Waals surface area contributed by atoms with Crippen molar-refractivity contribution in [2.45, 2.75) is 50.5 Å². The van der Waals surface area contributed by atoms with E-state index in [2.05, 4.69) is 34.9 Å². The molecule has 3 N–H and O–H groups in total. The Morgan fingerprint density at radius 3 is 2.43 bits per heavy atom. The van der Waals surface area contributed by atoms with E-state index in [1.165, 1.54) is 52.1 Å². The number of aliphatic hydroxyl groups is 1. The third-order valence-corrected chi connectivity index (χ3v) is 6.01. The van der Waals surface area contributed by atoms with Gasteiger partial charge < -0.3 is 15.7 Å². The average molecular weight is 381 g/mol. The summed E-state index contributed by atoms with van der Waals surface area (Å²) in [6.07, 6.45) is 6.77. The number of aliphatic hydroxyl groups excluding tert-OH is 1. The average Bonchev–Trinajstić information content (AvgIpc) is 2.74. The SMILES string of the molecule is CC(=O)NC(CO)c1ccccc1.c1ccc2c(c1)CCCC21CCNCC1. The van der Waals surface area contributed by atoms with Crippen molar-refractivity contribution in [2.75, 3.05) is 19.7 Å². The number of piperidine rings is 1. The predicted molar refractivity (Wildman–Crippen MR) is 113 cm³/mol. The molecule has 1 spiro atoms. The summed E-state index contributed by atoms with van der Waals surface area (Å²) in [7, 11) is 0. The maximum atomic E-state index is 10.8. The van der Waals surface area contributed by atoms with Crippen LogP contribution < -0.4 is 10.6 Å². The van der Waals surface area contributed by atoms with Crippen molar-refractivity contribution in [3.63, 3.8) is 0 Å². The fourth-order valence-corrected chi connectivity index (χ4v) is 4.60. The van der Waals surface area contributed by atoms with Crippen LogP contribution in [0.5, 0.6) is 0 Å². The highest BCUT2D eigenvalue weighted by molar-refractivity contribution is 5.73. The second-order valence-electron chi connectivity index (χ2n) is 7.89. The largest absolute Gasteiger partial charge is 0.394 e. The Morgan fingerprint density at radius 2 is 1.75 bits per heavy atom. The minimum atomic E-state index is -0.293. The number of amides is 1. The van der Waals surface area contributed by atoms with Crippen LogP contribution in [0.3, 0.4) is 0 Å². The molecule has 2 aliphatic rings. The zero-order chi connectivity index (χ0) is 19.8. The molecule has 4 heteroatoms. The minimum Gasteiger partial charge on any atom is -0.394 e. The highest BCUT2D eigenvalue weighted by Gasteiger charge is 2.36. The van der Waals surface area contributed by atoms with Crippen LogP contribution >= 0.6 is 0 Å². The van der Waals surface area contributed by atoms with Gasteiger partial charge in [-0.05, 0) is 67.3 Å². The summed E-state index contributed by atoms with van der Waals surface area (Å²) in [5.41, 5.74) is 4.73. The van der Waals surface area contributed by atoms with E-state index in [9.17, 15) is 4.79 Å². The number of carbonyl (C=O) groups excluding carboxylic acids is 1.